The third-order valence-electron chi connectivity index (χ3n) is 5.27. The second-order valence-electron chi connectivity index (χ2n) is 7.11. The molecule has 2 heterocycles. The van der Waals surface area contributed by atoms with Crippen molar-refractivity contribution < 1.29 is 18.8 Å². The van der Waals surface area contributed by atoms with Crippen LogP contribution in [0.4, 0.5) is 0 Å². The normalized spacial score (nSPS) is 15.8. The molecule has 1 aromatic heterocycles. The molecule has 0 spiro atoms. The Labute approximate surface area is 174 Å². The molecule has 0 aliphatic carbocycles. The van der Waals surface area contributed by atoms with Gasteiger partial charge in [0.25, 0.3) is 5.91 Å². The fraction of sp³-hybridized carbons (Fsp3) is 0.261. The van der Waals surface area contributed by atoms with Crippen molar-refractivity contribution in [3.8, 4) is 17.1 Å². The summed E-state index contributed by atoms with van der Waals surface area (Å²) in [6, 6.07) is 18.6. The first kappa shape index (κ1) is 19.7. The number of nitrogens with one attached hydrogen (secondary N) is 1. The van der Waals surface area contributed by atoms with Gasteiger partial charge >= 0.3 is 0 Å². The summed E-state index contributed by atoms with van der Waals surface area (Å²) in [7, 11) is 1.63. The number of likely N-dealkylation sites (tertiary alicyclic amines) is 1. The summed E-state index contributed by atoms with van der Waals surface area (Å²) in [4.78, 5) is 27.1. The molecule has 0 bridgehead atoms. The molecule has 0 radical (unpaired) electrons. The highest BCUT2D eigenvalue weighted by atomic mass is 16.5. The summed E-state index contributed by atoms with van der Waals surface area (Å²) in [5, 5.41) is 6.48. The minimum atomic E-state index is -0.442. The van der Waals surface area contributed by atoms with Crippen LogP contribution in [0.3, 0.4) is 0 Å². The molecule has 1 saturated heterocycles. The van der Waals surface area contributed by atoms with Crippen molar-refractivity contribution >= 4 is 11.8 Å². The van der Waals surface area contributed by atoms with Crippen LogP contribution in [-0.2, 0) is 4.79 Å². The third-order valence-corrected chi connectivity index (χ3v) is 5.27. The first-order valence-electron chi connectivity index (χ1n) is 9.90. The Balaban J connectivity index is 1.39. The monoisotopic (exact) mass is 405 g/mol. The Morgan fingerprint density at radius 1 is 1.17 bits per heavy atom. The van der Waals surface area contributed by atoms with Gasteiger partial charge in [-0.1, -0.05) is 53.7 Å². The van der Waals surface area contributed by atoms with Crippen LogP contribution in [0, 0.1) is 0 Å². The molecule has 4 rings (SSSR count). The van der Waals surface area contributed by atoms with Gasteiger partial charge in [-0.05, 0) is 18.9 Å². The zero-order valence-electron chi connectivity index (χ0n) is 16.7. The van der Waals surface area contributed by atoms with Crippen molar-refractivity contribution in [1.29, 1.82) is 0 Å². The minimum Gasteiger partial charge on any atom is -0.496 e. The maximum atomic E-state index is 12.8. The molecular weight excluding hydrogens is 382 g/mol. The highest BCUT2D eigenvalue weighted by molar-refractivity contribution is 5.95. The van der Waals surface area contributed by atoms with Gasteiger partial charge in [-0.3, -0.25) is 9.59 Å². The number of rotatable bonds is 6. The lowest BCUT2D eigenvalue weighted by atomic mass is 10.0. The van der Waals surface area contributed by atoms with Gasteiger partial charge in [0.05, 0.1) is 19.7 Å². The first-order valence-corrected chi connectivity index (χ1v) is 9.90. The summed E-state index contributed by atoms with van der Waals surface area (Å²) < 4.78 is 10.7. The standard InChI is InChI=1S/C23H23N3O4/c1-29-20-12-6-5-10-17(20)19-11-7-13-26(19)22(27)15-24-23(28)18-14-21(30-25-18)16-8-3-2-4-9-16/h2-6,8-10,12,14,19H,7,11,13,15H2,1H3,(H,24,28). The maximum absolute atomic E-state index is 12.8. The van der Waals surface area contributed by atoms with E-state index in [0.29, 0.717) is 12.3 Å². The number of nitrogens with zero attached hydrogens (tertiary/aromatic N) is 2. The number of carbonyl (C=O) groups is 2. The molecule has 1 unspecified atom stereocenters. The van der Waals surface area contributed by atoms with E-state index in [9.17, 15) is 9.59 Å². The lowest BCUT2D eigenvalue weighted by Gasteiger charge is -2.26. The summed E-state index contributed by atoms with van der Waals surface area (Å²) in [6.07, 6.45) is 1.77. The third kappa shape index (κ3) is 4.05. The summed E-state index contributed by atoms with van der Waals surface area (Å²) in [6.45, 7) is 0.553. The van der Waals surface area contributed by atoms with Crippen LogP contribution in [0.25, 0.3) is 11.3 Å². The van der Waals surface area contributed by atoms with E-state index in [1.807, 2.05) is 54.6 Å². The second-order valence-corrected chi connectivity index (χ2v) is 7.11. The zero-order chi connectivity index (χ0) is 20.9. The number of benzene rings is 2. The van der Waals surface area contributed by atoms with E-state index in [1.165, 1.54) is 0 Å². The van der Waals surface area contributed by atoms with Crippen LogP contribution in [0.1, 0.15) is 34.9 Å². The van der Waals surface area contributed by atoms with Crippen LogP contribution in [0.2, 0.25) is 0 Å². The largest absolute Gasteiger partial charge is 0.496 e. The molecule has 1 N–H and O–H groups in total. The first-order chi connectivity index (χ1) is 14.7. The average molecular weight is 405 g/mol. The van der Waals surface area contributed by atoms with E-state index < -0.39 is 5.91 Å². The Morgan fingerprint density at radius 3 is 2.73 bits per heavy atom. The highest BCUT2D eigenvalue weighted by Gasteiger charge is 2.31. The van der Waals surface area contributed by atoms with E-state index in [4.69, 9.17) is 9.26 Å². The van der Waals surface area contributed by atoms with E-state index in [1.54, 1.807) is 18.1 Å². The van der Waals surface area contributed by atoms with Gasteiger partial charge in [0, 0.05) is 23.7 Å². The number of methoxy groups -OCH3 is 1. The molecule has 1 aliphatic rings. The number of amides is 2. The van der Waals surface area contributed by atoms with Crippen LogP contribution >= 0.6 is 0 Å². The molecule has 1 aliphatic heterocycles. The summed E-state index contributed by atoms with van der Waals surface area (Å²) >= 11 is 0. The van der Waals surface area contributed by atoms with Crippen molar-refractivity contribution in [2.24, 2.45) is 0 Å². The Morgan fingerprint density at radius 2 is 1.93 bits per heavy atom. The van der Waals surface area contributed by atoms with Gasteiger partial charge in [0.15, 0.2) is 11.5 Å². The van der Waals surface area contributed by atoms with Crippen molar-refractivity contribution in [2.45, 2.75) is 18.9 Å². The number of ether oxygens (including phenoxy) is 1. The number of para-hydroxylation sites is 1. The van der Waals surface area contributed by atoms with E-state index in [0.717, 1.165) is 29.7 Å². The summed E-state index contributed by atoms with van der Waals surface area (Å²) in [5.74, 6) is 0.691. The maximum Gasteiger partial charge on any atom is 0.273 e. The number of hydrogen-bond acceptors (Lipinski definition) is 5. The van der Waals surface area contributed by atoms with Crippen molar-refractivity contribution in [3.63, 3.8) is 0 Å². The molecular formula is C23H23N3O4. The molecule has 1 atom stereocenters. The topological polar surface area (TPSA) is 84.7 Å². The molecule has 7 heteroatoms. The van der Waals surface area contributed by atoms with Gasteiger partial charge in [0.1, 0.15) is 5.75 Å². The Hall–Kier alpha value is -3.61. The van der Waals surface area contributed by atoms with Gasteiger partial charge in [0.2, 0.25) is 5.91 Å². The number of aromatic nitrogens is 1. The predicted molar refractivity (Wildman–Crippen MR) is 111 cm³/mol. The van der Waals surface area contributed by atoms with E-state index >= 15 is 0 Å². The number of carbonyl (C=O) groups excluding carboxylic acids is 2. The van der Waals surface area contributed by atoms with Crippen molar-refractivity contribution in [2.75, 3.05) is 20.2 Å². The Kier molecular flexibility index (Phi) is 5.79. The van der Waals surface area contributed by atoms with E-state index in [2.05, 4.69) is 10.5 Å². The smallest absolute Gasteiger partial charge is 0.273 e. The summed E-state index contributed by atoms with van der Waals surface area (Å²) in [5.41, 5.74) is 1.96. The van der Waals surface area contributed by atoms with Crippen molar-refractivity contribution in [3.05, 3.63) is 71.9 Å². The predicted octanol–water partition coefficient (Wildman–Crippen LogP) is 3.44. The second kappa shape index (κ2) is 8.82. The van der Waals surface area contributed by atoms with Gasteiger partial charge in [-0.25, -0.2) is 0 Å². The van der Waals surface area contributed by atoms with Crippen LogP contribution in [-0.4, -0.2) is 42.1 Å². The van der Waals surface area contributed by atoms with Gasteiger partial charge < -0.3 is 19.5 Å². The zero-order valence-corrected chi connectivity index (χ0v) is 16.7. The minimum absolute atomic E-state index is 0.0534. The molecule has 1 fully saturated rings. The van der Waals surface area contributed by atoms with Gasteiger partial charge in [-0.2, -0.15) is 0 Å². The Bertz CT molecular complexity index is 1030. The SMILES string of the molecule is COc1ccccc1C1CCCN1C(=O)CNC(=O)c1cc(-c2ccccc2)on1. The van der Waals surface area contributed by atoms with Crippen molar-refractivity contribution in [1.82, 2.24) is 15.4 Å². The molecule has 2 amide bonds. The quantitative estimate of drug-likeness (QED) is 0.679. The van der Waals surface area contributed by atoms with Gasteiger partial charge in [-0.15, -0.1) is 0 Å². The highest BCUT2D eigenvalue weighted by Crippen LogP contribution is 2.36. The molecule has 3 aromatic rings. The molecule has 2 aromatic carbocycles. The molecule has 30 heavy (non-hydrogen) atoms. The molecule has 154 valence electrons. The fourth-order valence-corrected chi connectivity index (χ4v) is 3.80. The lowest BCUT2D eigenvalue weighted by molar-refractivity contribution is -0.131. The van der Waals surface area contributed by atoms with E-state index in [-0.39, 0.29) is 24.2 Å². The molecule has 7 nitrogen and oxygen atoms in total. The average Bonchev–Trinajstić information content (AvgIpc) is 3.48. The lowest BCUT2D eigenvalue weighted by Crippen LogP contribution is -2.40. The van der Waals surface area contributed by atoms with Crippen LogP contribution < -0.4 is 10.1 Å². The molecule has 0 saturated carbocycles. The number of hydrogen-bond donors (Lipinski definition) is 1. The fourth-order valence-electron chi connectivity index (χ4n) is 3.80. The van der Waals surface area contributed by atoms with Crippen LogP contribution in [0.5, 0.6) is 5.75 Å². The van der Waals surface area contributed by atoms with Crippen LogP contribution in [0.15, 0.2) is 65.2 Å².